The van der Waals surface area contributed by atoms with Gasteiger partial charge in [0.2, 0.25) is 11.8 Å². The van der Waals surface area contributed by atoms with Crippen LogP contribution < -0.4 is 21.9 Å². The molecule has 15 nitrogen and oxygen atoms in total. The third kappa shape index (κ3) is 8.84. The first-order valence-electron chi connectivity index (χ1n) is 11.0. The molecular weight excluding hydrogens is 526 g/mol. The van der Waals surface area contributed by atoms with Crippen molar-refractivity contribution in [2.24, 2.45) is 0 Å². The van der Waals surface area contributed by atoms with Crippen molar-refractivity contribution in [3.8, 4) is 0 Å². The molecule has 7 N–H and O–H groups in total. The van der Waals surface area contributed by atoms with Crippen LogP contribution in [0.1, 0.15) is 22.9 Å². The number of hydrogen-bond donors (Lipinski definition) is 7. The summed E-state index contributed by atoms with van der Waals surface area (Å²) in [6.45, 7) is 0.171. The number of H-pyrrole nitrogens is 2. The largest absolute Gasteiger partial charge is 0.394 e. The molecule has 0 aliphatic carbocycles. The van der Waals surface area contributed by atoms with Gasteiger partial charge < -0.3 is 30.9 Å². The summed E-state index contributed by atoms with van der Waals surface area (Å²) in [5.41, 5.74) is -1.15. The van der Waals surface area contributed by atoms with Crippen LogP contribution in [0.2, 0.25) is 0 Å². The van der Waals surface area contributed by atoms with E-state index in [-0.39, 0.29) is 28.3 Å². The third-order valence-electron chi connectivity index (χ3n) is 5.19. The van der Waals surface area contributed by atoms with E-state index >= 15 is 0 Å². The summed E-state index contributed by atoms with van der Waals surface area (Å²) in [5.74, 6) is -2.41. The molecule has 206 valence electrons. The molecular formula is C22H27N5O10S. The van der Waals surface area contributed by atoms with Crippen LogP contribution in [0.25, 0.3) is 6.08 Å². The number of nitrogens with zero attached hydrogens (tertiary/aromatic N) is 1. The lowest BCUT2D eigenvalue weighted by Crippen LogP contribution is -2.45. The number of nitro benzene ring substituents is 1. The number of non-ortho nitro benzene ring substituents is 1. The number of aliphatic hydroxyl groups excluding tert-OH is 3. The summed E-state index contributed by atoms with van der Waals surface area (Å²) in [5, 5.41) is 45.0. The normalized spacial score (nSPS) is 14.4. The Balaban J connectivity index is 1.91. The molecule has 1 aromatic carbocycles. The number of hydrogen-bond acceptors (Lipinski definition) is 10. The lowest BCUT2D eigenvalue weighted by atomic mass is 10.0. The quantitative estimate of drug-likeness (QED) is 0.0796. The molecule has 0 aliphatic heterocycles. The van der Waals surface area contributed by atoms with Crippen molar-refractivity contribution in [3.63, 3.8) is 0 Å². The number of carbonyl (C=O) groups is 2. The fraction of sp³-hybridized carbons (Fsp3) is 0.364. The maximum absolute atomic E-state index is 12.4. The molecule has 1 heterocycles. The Morgan fingerprint density at radius 1 is 1.13 bits per heavy atom. The van der Waals surface area contributed by atoms with E-state index in [1.54, 1.807) is 0 Å². The summed E-state index contributed by atoms with van der Waals surface area (Å²) in [6.07, 6.45) is 0.733. The predicted octanol–water partition coefficient (Wildman–Crippen LogP) is -2.27. The van der Waals surface area contributed by atoms with Gasteiger partial charge in [0, 0.05) is 40.5 Å². The van der Waals surface area contributed by atoms with Crippen LogP contribution in [0.3, 0.4) is 0 Å². The van der Waals surface area contributed by atoms with Gasteiger partial charge in [0.15, 0.2) is 0 Å². The standard InChI is InChI=1S/C22H27N5O10S/c1-12-16(21(33)26-22(34)23-12)6-7-18(30)24-14(8-28)10-38(37)11-19(31)25-17(9-29)20(32)13-2-4-15(5-3-13)27(35)36/h2-7,14,17,20,28-29,32H,8-11H2,1H3,(H,24,30)(H,25,31)(H2,23,26,33,34)/b7-6+/t14-,17+,20+,38?/m0/s1. The average Bonchev–Trinajstić information content (AvgIpc) is 2.85. The highest BCUT2D eigenvalue weighted by atomic mass is 32.2. The predicted molar refractivity (Wildman–Crippen MR) is 135 cm³/mol. The van der Waals surface area contributed by atoms with E-state index in [2.05, 4.69) is 15.6 Å². The van der Waals surface area contributed by atoms with Gasteiger partial charge in [-0.15, -0.1) is 0 Å². The van der Waals surface area contributed by atoms with Gasteiger partial charge in [-0.2, -0.15) is 0 Å². The molecule has 38 heavy (non-hydrogen) atoms. The van der Waals surface area contributed by atoms with Crippen molar-refractivity contribution in [1.82, 2.24) is 20.6 Å². The molecule has 1 aromatic heterocycles. The Bertz CT molecular complexity index is 1320. The summed E-state index contributed by atoms with van der Waals surface area (Å²) in [4.78, 5) is 62.0. The highest BCUT2D eigenvalue weighted by Crippen LogP contribution is 2.20. The molecule has 0 radical (unpaired) electrons. The number of aromatic amines is 2. The van der Waals surface area contributed by atoms with Crippen molar-refractivity contribution in [2.75, 3.05) is 24.7 Å². The van der Waals surface area contributed by atoms with Gasteiger partial charge in [0.05, 0.1) is 35.8 Å². The van der Waals surface area contributed by atoms with Crippen molar-refractivity contribution >= 4 is 34.4 Å². The number of nitrogens with one attached hydrogen (secondary N) is 4. The number of benzene rings is 1. The smallest absolute Gasteiger partial charge is 0.325 e. The second kappa shape index (κ2) is 14.1. The number of rotatable bonds is 13. The van der Waals surface area contributed by atoms with E-state index in [9.17, 15) is 48.8 Å². The molecule has 16 heteroatoms. The van der Waals surface area contributed by atoms with E-state index in [4.69, 9.17) is 0 Å². The second-order valence-electron chi connectivity index (χ2n) is 8.07. The van der Waals surface area contributed by atoms with Gasteiger partial charge in [-0.1, -0.05) is 0 Å². The van der Waals surface area contributed by atoms with Crippen LogP contribution in [-0.2, 0) is 20.4 Å². The minimum atomic E-state index is -1.87. The van der Waals surface area contributed by atoms with Crippen molar-refractivity contribution < 1.29 is 34.0 Å². The summed E-state index contributed by atoms with van der Waals surface area (Å²) in [6, 6.07) is 2.65. The number of amides is 2. The van der Waals surface area contributed by atoms with Gasteiger partial charge in [-0.25, -0.2) is 4.79 Å². The highest BCUT2D eigenvalue weighted by Gasteiger charge is 2.24. The number of carbonyl (C=O) groups excluding carboxylic acids is 2. The van der Waals surface area contributed by atoms with Gasteiger partial charge in [0.25, 0.3) is 11.2 Å². The molecule has 4 atom stereocenters. The number of aryl methyl sites for hydroxylation is 1. The van der Waals surface area contributed by atoms with Crippen LogP contribution in [0, 0.1) is 17.0 Å². The van der Waals surface area contributed by atoms with E-state index < -0.39 is 75.9 Å². The molecule has 0 saturated carbocycles. The minimum Gasteiger partial charge on any atom is -0.394 e. The fourth-order valence-electron chi connectivity index (χ4n) is 3.29. The van der Waals surface area contributed by atoms with Gasteiger partial charge in [-0.3, -0.25) is 33.7 Å². The zero-order valence-corrected chi connectivity index (χ0v) is 20.9. The first-order chi connectivity index (χ1) is 17.9. The second-order valence-corrected chi connectivity index (χ2v) is 9.57. The average molecular weight is 554 g/mol. The SMILES string of the molecule is Cc1[nH]c(=O)[nH]c(=O)c1/C=C/C(=O)N[C@@H](CO)CS(=O)CC(=O)N[C@H](CO)[C@H](O)c1ccc([N+](=O)[O-])cc1. The summed E-state index contributed by atoms with van der Waals surface area (Å²) in [7, 11) is -1.87. The molecule has 0 aliphatic rings. The molecule has 0 bridgehead atoms. The highest BCUT2D eigenvalue weighted by molar-refractivity contribution is 7.85. The van der Waals surface area contributed by atoms with Crippen molar-refractivity contribution in [3.05, 3.63) is 78.1 Å². The van der Waals surface area contributed by atoms with Crippen LogP contribution in [0.5, 0.6) is 0 Å². The van der Waals surface area contributed by atoms with Crippen molar-refractivity contribution in [1.29, 1.82) is 0 Å². The zero-order chi connectivity index (χ0) is 28.4. The van der Waals surface area contributed by atoms with E-state index in [1.807, 2.05) is 4.98 Å². The molecule has 2 rings (SSSR count). The van der Waals surface area contributed by atoms with E-state index in [0.29, 0.717) is 0 Å². The minimum absolute atomic E-state index is 0.0369. The third-order valence-corrected chi connectivity index (χ3v) is 6.55. The van der Waals surface area contributed by atoms with E-state index in [1.165, 1.54) is 19.1 Å². The van der Waals surface area contributed by atoms with Crippen molar-refractivity contribution in [2.45, 2.75) is 25.1 Å². The number of nitro groups is 1. The lowest BCUT2D eigenvalue weighted by Gasteiger charge is -2.22. The molecule has 0 saturated heterocycles. The molecule has 2 aromatic rings. The Kier molecular flexibility index (Phi) is 11.2. The lowest BCUT2D eigenvalue weighted by molar-refractivity contribution is -0.384. The van der Waals surface area contributed by atoms with Gasteiger partial charge >= 0.3 is 5.69 Å². The van der Waals surface area contributed by atoms with Crippen LogP contribution in [-0.4, -0.2) is 83.0 Å². The molecule has 0 spiro atoms. The maximum atomic E-state index is 12.4. The van der Waals surface area contributed by atoms with Gasteiger partial charge in [-0.05, 0) is 30.7 Å². The Labute approximate surface area is 217 Å². The maximum Gasteiger partial charge on any atom is 0.325 e. The van der Waals surface area contributed by atoms with Crippen LogP contribution in [0.4, 0.5) is 5.69 Å². The first kappa shape index (κ1) is 30.2. The fourth-order valence-corrected chi connectivity index (χ4v) is 4.42. The van der Waals surface area contributed by atoms with Crippen LogP contribution in [0.15, 0.2) is 39.9 Å². The molecule has 2 amide bonds. The Morgan fingerprint density at radius 2 is 1.79 bits per heavy atom. The Morgan fingerprint density at radius 3 is 2.34 bits per heavy atom. The van der Waals surface area contributed by atoms with Gasteiger partial charge in [0.1, 0.15) is 11.9 Å². The first-order valence-corrected chi connectivity index (χ1v) is 12.5. The summed E-state index contributed by atoms with van der Waals surface area (Å²) >= 11 is 0. The van der Waals surface area contributed by atoms with Crippen LogP contribution >= 0.6 is 0 Å². The number of aromatic nitrogens is 2. The molecule has 1 unspecified atom stereocenters. The number of aliphatic hydroxyl groups is 3. The monoisotopic (exact) mass is 553 g/mol. The zero-order valence-electron chi connectivity index (χ0n) is 20.1. The summed E-state index contributed by atoms with van der Waals surface area (Å²) < 4.78 is 12.4. The van der Waals surface area contributed by atoms with E-state index in [0.717, 1.165) is 24.3 Å². The molecule has 0 fully saturated rings. The Hall–Kier alpha value is -3.99. The topological polar surface area (TPSA) is 245 Å².